The van der Waals surface area contributed by atoms with Gasteiger partial charge >= 0.3 is 0 Å². The third-order valence-corrected chi connectivity index (χ3v) is 4.34. The second-order valence-corrected chi connectivity index (χ2v) is 7.09. The Balaban J connectivity index is 1.72. The minimum absolute atomic E-state index is 0.0942. The number of ether oxygens (including phenoxy) is 1. The van der Waals surface area contributed by atoms with Crippen molar-refractivity contribution in [3.63, 3.8) is 0 Å². The Morgan fingerprint density at radius 3 is 2.67 bits per heavy atom. The molecule has 1 heterocycles. The predicted molar refractivity (Wildman–Crippen MR) is 107 cm³/mol. The summed E-state index contributed by atoms with van der Waals surface area (Å²) in [5, 5.41) is 14.2. The summed E-state index contributed by atoms with van der Waals surface area (Å²) >= 11 is 0. The monoisotopic (exact) mass is 366 g/mol. The van der Waals surface area contributed by atoms with Crippen LogP contribution in [-0.4, -0.2) is 41.7 Å². The minimum Gasteiger partial charge on any atom is -0.490 e. The lowest BCUT2D eigenvalue weighted by Gasteiger charge is -2.16. The summed E-state index contributed by atoms with van der Waals surface area (Å²) in [5.74, 6) is 0.911. The van der Waals surface area contributed by atoms with Gasteiger partial charge in [0.15, 0.2) is 5.78 Å². The highest BCUT2D eigenvalue weighted by Gasteiger charge is 2.17. The van der Waals surface area contributed by atoms with Gasteiger partial charge in [-0.15, -0.1) is 0 Å². The summed E-state index contributed by atoms with van der Waals surface area (Å²) in [5.41, 5.74) is 2.04. The fourth-order valence-corrected chi connectivity index (χ4v) is 2.99. The first kappa shape index (κ1) is 19.1. The van der Waals surface area contributed by atoms with Crippen molar-refractivity contribution >= 4 is 16.7 Å². The highest BCUT2D eigenvalue weighted by Crippen LogP contribution is 2.25. The zero-order valence-corrected chi connectivity index (χ0v) is 15.7. The summed E-state index contributed by atoms with van der Waals surface area (Å²) in [6.07, 6.45) is 1.18. The quantitative estimate of drug-likeness (QED) is 0.508. The molecule has 27 heavy (non-hydrogen) atoms. The van der Waals surface area contributed by atoms with Crippen molar-refractivity contribution in [1.29, 1.82) is 0 Å². The maximum Gasteiger partial charge on any atom is 0.197 e. The lowest BCUT2D eigenvalue weighted by Crippen LogP contribution is -2.33. The van der Waals surface area contributed by atoms with Gasteiger partial charge in [0.2, 0.25) is 0 Å². The molecule has 5 nitrogen and oxygen atoms in total. The van der Waals surface area contributed by atoms with Crippen LogP contribution in [0.2, 0.25) is 0 Å². The Labute approximate surface area is 159 Å². The molecule has 0 amide bonds. The van der Waals surface area contributed by atoms with Crippen LogP contribution in [0, 0.1) is 5.92 Å². The number of aliphatic hydroxyl groups is 1. The summed E-state index contributed by atoms with van der Waals surface area (Å²) in [4.78, 5) is 16.2. The molecule has 0 aliphatic heterocycles. The molecule has 2 aromatic carbocycles. The average molecular weight is 366 g/mol. The number of aromatic amines is 1. The molecule has 0 saturated heterocycles. The summed E-state index contributed by atoms with van der Waals surface area (Å²) in [7, 11) is 0. The molecular formula is C22H26N2O3. The van der Waals surface area contributed by atoms with Gasteiger partial charge in [-0.2, -0.15) is 0 Å². The van der Waals surface area contributed by atoms with E-state index in [4.69, 9.17) is 4.74 Å². The van der Waals surface area contributed by atoms with Crippen molar-refractivity contribution in [2.75, 3.05) is 19.7 Å². The maximum absolute atomic E-state index is 13.1. The van der Waals surface area contributed by atoms with E-state index < -0.39 is 6.10 Å². The van der Waals surface area contributed by atoms with Gasteiger partial charge < -0.3 is 20.1 Å². The fourth-order valence-electron chi connectivity index (χ4n) is 2.99. The smallest absolute Gasteiger partial charge is 0.197 e. The van der Waals surface area contributed by atoms with Gasteiger partial charge in [0.25, 0.3) is 0 Å². The number of ketones is 1. The van der Waals surface area contributed by atoms with Crippen LogP contribution < -0.4 is 10.1 Å². The third-order valence-electron chi connectivity index (χ3n) is 4.34. The van der Waals surface area contributed by atoms with E-state index in [1.807, 2.05) is 42.6 Å². The predicted octanol–water partition coefficient (Wildman–Crippen LogP) is 3.38. The standard InChI is InChI=1S/C22H26N2O3/c1-15(2)12-23-13-16(25)14-27-21-9-4-3-6-19(21)22(26)18-7-5-8-20-17(18)10-11-24-20/h3-11,15-16,23-25H,12-14H2,1-2H3. The van der Waals surface area contributed by atoms with Crippen LogP contribution >= 0.6 is 0 Å². The number of rotatable bonds is 9. The molecule has 3 rings (SSSR count). The van der Waals surface area contributed by atoms with Crippen LogP contribution in [0.4, 0.5) is 0 Å². The van der Waals surface area contributed by atoms with Crippen molar-refractivity contribution in [2.45, 2.75) is 20.0 Å². The lowest BCUT2D eigenvalue weighted by molar-refractivity contribution is 0.0987. The second kappa shape index (κ2) is 8.84. The van der Waals surface area contributed by atoms with Crippen molar-refractivity contribution in [1.82, 2.24) is 10.3 Å². The van der Waals surface area contributed by atoms with E-state index in [1.165, 1.54) is 0 Å². The molecule has 0 fully saturated rings. The molecule has 0 saturated carbocycles. The number of carbonyl (C=O) groups excluding carboxylic acids is 1. The first-order chi connectivity index (χ1) is 13.1. The van der Waals surface area contributed by atoms with E-state index in [0.29, 0.717) is 29.3 Å². The van der Waals surface area contributed by atoms with Crippen molar-refractivity contribution in [3.05, 3.63) is 65.9 Å². The number of aromatic nitrogens is 1. The number of aliphatic hydroxyl groups excluding tert-OH is 1. The number of nitrogens with one attached hydrogen (secondary N) is 2. The first-order valence-electron chi connectivity index (χ1n) is 9.27. The van der Waals surface area contributed by atoms with E-state index in [0.717, 1.165) is 17.4 Å². The van der Waals surface area contributed by atoms with Crippen molar-refractivity contribution in [3.8, 4) is 5.75 Å². The number of carbonyl (C=O) groups is 1. The molecule has 1 atom stereocenters. The van der Waals surface area contributed by atoms with Crippen LogP contribution in [-0.2, 0) is 0 Å². The van der Waals surface area contributed by atoms with Crippen LogP contribution in [0.1, 0.15) is 29.8 Å². The molecule has 0 radical (unpaired) electrons. The number of H-pyrrole nitrogens is 1. The lowest BCUT2D eigenvalue weighted by atomic mass is 9.99. The van der Waals surface area contributed by atoms with Crippen LogP contribution in [0.25, 0.3) is 10.9 Å². The van der Waals surface area contributed by atoms with Crippen molar-refractivity contribution < 1.29 is 14.6 Å². The Hall–Kier alpha value is -2.63. The van der Waals surface area contributed by atoms with Crippen LogP contribution in [0.3, 0.4) is 0 Å². The number of para-hydroxylation sites is 1. The zero-order chi connectivity index (χ0) is 19.2. The molecule has 142 valence electrons. The highest BCUT2D eigenvalue weighted by molar-refractivity contribution is 6.17. The van der Waals surface area contributed by atoms with Gasteiger partial charge in [-0.3, -0.25) is 4.79 Å². The van der Waals surface area contributed by atoms with Gasteiger partial charge in [-0.1, -0.05) is 38.1 Å². The molecule has 3 N–H and O–H groups in total. The van der Waals surface area contributed by atoms with Gasteiger partial charge in [-0.25, -0.2) is 0 Å². The Morgan fingerprint density at radius 2 is 1.85 bits per heavy atom. The number of hydrogen-bond acceptors (Lipinski definition) is 4. The molecule has 1 aromatic heterocycles. The molecule has 3 aromatic rings. The number of benzene rings is 2. The third kappa shape index (κ3) is 4.76. The van der Waals surface area contributed by atoms with Gasteiger partial charge in [-0.05, 0) is 36.7 Å². The second-order valence-electron chi connectivity index (χ2n) is 7.09. The topological polar surface area (TPSA) is 74.3 Å². The number of fused-ring (bicyclic) bond motifs is 1. The van der Waals surface area contributed by atoms with E-state index in [2.05, 4.69) is 24.1 Å². The Morgan fingerprint density at radius 1 is 1.07 bits per heavy atom. The van der Waals surface area contributed by atoms with E-state index in [1.54, 1.807) is 12.1 Å². The molecule has 5 heteroatoms. The largest absolute Gasteiger partial charge is 0.490 e. The normalized spacial score (nSPS) is 12.4. The van der Waals surface area contributed by atoms with Crippen LogP contribution in [0.5, 0.6) is 5.75 Å². The Kier molecular flexibility index (Phi) is 6.27. The molecule has 0 bridgehead atoms. The highest BCUT2D eigenvalue weighted by atomic mass is 16.5. The van der Waals surface area contributed by atoms with Crippen LogP contribution in [0.15, 0.2) is 54.7 Å². The maximum atomic E-state index is 13.1. The molecular weight excluding hydrogens is 340 g/mol. The minimum atomic E-state index is -0.639. The first-order valence-corrected chi connectivity index (χ1v) is 9.27. The summed E-state index contributed by atoms with van der Waals surface area (Å²) < 4.78 is 5.77. The fraction of sp³-hybridized carbons (Fsp3) is 0.318. The van der Waals surface area contributed by atoms with E-state index in [9.17, 15) is 9.90 Å². The van der Waals surface area contributed by atoms with Gasteiger partial charge in [0.05, 0.1) is 5.56 Å². The number of hydrogen-bond donors (Lipinski definition) is 3. The van der Waals surface area contributed by atoms with Crippen molar-refractivity contribution in [2.24, 2.45) is 5.92 Å². The zero-order valence-electron chi connectivity index (χ0n) is 15.7. The Bertz CT molecular complexity index is 901. The van der Waals surface area contributed by atoms with E-state index in [-0.39, 0.29) is 12.4 Å². The SMILES string of the molecule is CC(C)CNCC(O)COc1ccccc1C(=O)c1cccc2[nH]ccc12. The molecule has 0 aliphatic carbocycles. The molecule has 1 unspecified atom stereocenters. The summed E-state index contributed by atoms with van der Waals surface area (Å²) in [6.45, 7) is 5.65. The molecule has 0 aliphatic rings. The summed E-state index contributed by atoms with van der Waals surface area (Å²) in [6, 6.07) is 14.7. The van der Waals surface area contributed by atoms with E-state index >= 15 is 0 Å². The molecule has 0 spiro atoms. The van der Waals surface area contributed by atoms with Gasteiger partial charge in [0, 0.05) is 29.2 Å². The van der Waals surface area contributed by atoms with Gasteiger partial charge in [0.1, 0.15) is 18.5 Å². The average Bonchev–Trinajstić information content (AvgIpc) is 3.14.